The number of benzene rings is 2. The number of fused-ring (bicyclic) bond motifs is 1. The first-order valence-corrected chi connectivity index (χ1v) is 12.0. The molecule has 158 valence electrons. The zero-order valence-electron chi connectivity index (χ0n) is 17.1. The minimum Gasteiger partial charge on any atom is -0.381 e. The quantitative estimate of drug-likeness (QED) is 0.335. The van der Waals surface area contributed by atoms with Crippen LogP contribution in [0.15, 0.2) is 53.7 Å². The molecular weight excluding hydrogens is 426 g/mol. The molecule has 3 N–H and O–H groups in total. The van der Waals surface area contributed by atoms with Gasteiger partial charge in [0.25, 0.3) is 0 Å². The Morgan fingerprint density at radius 2 is 1.77 bits per heavy atom. The monoisotopic (exact) mass is 449 g/mol. The van der Waals surface area contributed by atoms with Crippen molar-refractivity contribution in [2.45, 2.75) is 37.1 Å². The molecule has 5 rings (SSSR count). The van der Waals surface area contributed by atoms with Crippen molar-refractivity contribution < 1.29 is 0 Å². The number of anilines is 1. The van der Waals surface area contributed by atoms with E-state index in [4.69, 9.17) is 27.3 Å². The molecule has 2 aromatic heterocycles. The van der Waals surface area contributed by atoms with Crippen molar-refractivity contribution in [3.63, 3.8) is 0 Å². The van der Waals surface area contributed by atoms with Gasteiger partial charge in [0.05, 0.1) is 28.1 Å². The maximum Gasteiger partial charge on any atom is 0.156 e. The first-order valence-electron chi connectivity index (χ1n) is 10.7. The molecule has 1 fully saturated rings. The van der Waals surface area contributed by atoms with Crippen LogP contribution in [0.3, 0.4) is 0 Å². The van der Waals surface area contributed by atoms with Gasteiger partial charge >= 0.3 is 0 Å². The third kappa shape index (κ3) is 4.27. The lowest BCUT2D eigenvalue weighted by Gasteiger charge is -2.21. The number of nitrogens with one attached hydrogen (secondary N) is 1. The van der Waals surface area contributed by atoms with E-state index in [0.29, 0.717) is 10.8 Å². The Bertz CT molecular complexity index is 1200. The van der Waals surface area contributed by atoms with Crippen LogP contribution in [0.2, 0.25) is 5.02 Å². The predicted molar refractivity (Wildman–Crippen MR) is 129 cm³/mol. The Balaban J connectivity index is 1.58. The second kappa shape index (κ2) is 8.89. The van der Waals surface area contributed by atoms with Crippen molar-refractivity contribution in [3.8, 4) is 22.5 Å². The van der Waals surface area contributed by atoms with E-state index in [9.17, 15) is 0 Å². The van der Waals surface area contributed by atoms with Crippen LogP contribution in [0.5, 0.6) is 0 Å². The maximum atomic E-state index is 6.54. The summed E-state index contributed by atoms with van der Waals surface area (Å²) in [5, 5.41) is 9.42. The number of halogens is 1. The molecule has 0 unspecified atom stereocenters. The standard InChI is InChI=1S/C24H24ClN5S/c25-19-12-17(11-18-13-27-30-20(18)19)22-21(16-9-5-2-6-10-16)28-23(26)24(29-22)31-14-15-7-3-1-4-8-15/h2,5-6,9-13,15H,1,3-4,7-8,14H2,(H2,26,28)(H,27,30). The Labute approximate surface area is 190 Å². The van der Waals surface area contributed by atoms with Crippen LogP contribution in [0.25, 0.3) is 33.4 Å². The van der Waals surface area contributed by atoms with Crippen molar-refractivity contribution in [1.29, 1.82) is 0 Å². The number of nitrogen functional groups attached to an aromatic ring is 1. The van der Waals surface area contributed by atoms with Gasteiger partial charge in [-0.2, -0.15) is 5.10 Å². The summed E-state index contributed by atoms with van der Waals surface area (Å²) in [6, 6.07) is 14.0. The summed E-state index contributed by atoms with van der Waals surface area (Å²) >= 11 is 8.26. The third-order valence-corrected chi connectivity index (χ3v) is 7.40. The molecule has 0 aliphatic heterocycles. The fourth-order valence-corrected chi connectivity index (χ4v) is 5.58. The number of H-pyrrole nitrogens is 1. The topological polar surface area (TPSA) is 80.5 Å². The number of nitrogens with two attached hydrogens (primary N) is 1. The number of hydrogen-bond acceptors (Lipinski definition) is 5. The summed E-state index contributed by atoms with van der Waals surface area (Å²) in [6.45, 7) is 0. The highest BCUT2D eigenvalue weighted by Gasteiger charge is 2.19. The molecule has 0 saturated heterocycles. The van der Waals surface area contributed by atoms with E-state index >= 15 is 0 Å². The number of aromatic amines is 1. The van der Waals surface area contributed by atoms with Crippen LogP contribution >= 0.6 is 23.4 Å². The second-order valence-electron chi connectivity index (χ2n) is 8.08. The van der Waals surface area contributed by atoms with Gasteiger partial charge in [-0.05, 0) is 30.9 Å². The normalized spacial score (nSPS) is 14.9. The summed E-state index contributed by atoms with van der Waals surface area (Å²) < 4.78 is 0. The second-order valence-corrected chi connectivity index (χ2v) is 9.50. The Morgan fingerprint density at radius 3 is 2.58 bits per heavy atom. The average Bonchev–Trinajstić information content (AvgIpc) is 3.29. The highest BCUT2D eigenvalue weighted by Crippen LogP contribution is 2.38. The van der Waals surface area contributed by atoms with Gasteiger partial charge in [-0.3, -0.25) is 5.10 Å². The predicted octanol–water partition coefficient (Wildman–Crippen LogP) is 6.59. The van der Waals surface area contributed by atoms with E-state index < -0.39 is 0 Å². The zero-order valence-corrected chi connectivity index (χ0v) is 18.7. The van der Waals surface area contributed by atoms with Crippen LogP contribution in [-0.2, 0) is 0 Å². The highest BCUT2D eigenvalue weighted by molar-refractivity contribution is 7.99. The summed E-state index contributed by atoms with van der Waals surface area (Å²) in [5.41, 5.74) is 10.6. The largest absolute Gasteiger partial charge is 0.381 e. The summed E-state index contributed by atoms with van der Waals surface area (Å²) in [5.74, 6) is 2.25. The Hall–Kier alpha value is -2.57. The Morgan fingerprint density at radius 1 is 1.00 bits per heavy atom. The average molecular weight is 450 g/mol. The molecule has 4 aromatic rings. The van der Waals surface area contributed by atoms with E-state index in [2.05, 4.69) is 10.2 Å². The third-order valence-electron chi connectivity index (χ3n) is 5.89. The van der Waals surface area contributed by atoms with Gasteiger partial charge in [0, 0.05) is 22.3 Å². The lowest BCUT2D eigenvalue weighted by molar-refractivity contribution is 0.391. The highest BCUT2D eigenvalue weighted by atomic mass is 35.5. The van der Waals surface area contributed by atoms with Gasteiger partial charge in [-0.25, -0.2) is 9.97 Å². The number of hydrogen-bond donors (Lipinski definition) is 2. The number of nitrogens with zero attached hydrogens (tertiary/aromatic N) is 3. The van der Waals surface area contributed by atoms with Gasteiger partial charge in [0.2, 0.25) is 0 Å². The van der Waals surface area contributed by atoms with Crippen LogP contribution < -0.4 is 5.73 Å². The van der Waals surface area contributed by atoms with Crippen LogP contribution in [-0.4, -0.2) is 25.9 Å². The first-order chi connectivity index (χ1) is 15.2. The number of aromatic nitrogens is 4. The molecule has 0 amide bonds. The summed E-state index contributed by atoms with van der Waals surface area (Å²) in [4.78, 5) is 9.83. The zero-order chi connectivity index (χ0) is 21.2. The molecule has 0 bridgehead atoms. The van der Waals surface area contributed by atoms with Gasteiger partial charge in [-0.1, -0.05) is 61.2 Å². The molecule has 2 aromatic carbocycles. The number of thioether (sulfide) groups is 1. The number of rotatable bonds is 5. The minimum atomic E-state index is 0.485. The minimum absolute atomic E-state index is 0.485. The smallest absolute Gasteiger partial charge is 0.156 e. The Kier molecular flexibility index (Phi) is 5.83. The van der Waals surface area contributed by atoms with Crippen molar-refractivity contribution in [2.24, 2.45) is 5.92 Å². The SMILES string of the molecule is Nc1nc(-c2ccccc2)c(-c2cc(Cl)c3[nH]ncc3c2)nc1SCC1CCCCC1. The molecule has 2 heterocycles. The van der Waals surface area contributed by atoms with Crippen molar-refractivity contribution in [2.75, 3.05) is 11.5 Å². The molecule has 1 aliphatic rings. The molecule has 7 heteroatoms. The molecule has 0 radical (unpaired) electrons. The van der Waals surface area contributed by atoms with E-state index in [1.807, 2.05) is 42.5 Å². The molecular formula is C24H24ClN5S. The maximum absolute atomic E-state index is 6.54. The summed E-state index contributed by atoms with van der Waals surface area (Å²) in [7, 11) is 0. The van der Waals surface area contributed by atoms with E-state index in [-0.39, 0.29) is 0 Å². The fraction of sp³-hybridized carbons (Fsp3) is 0.292. The van der Waals surface area contributed by atoms with Crippen molar-refractivity contribution in [1.82, 2.24) is 20.2 Å². The first kappa shape index (κ1) is 20.3. The van der Waals surface area contributed by atoms with Crippen molar-refractivity contribution >= 4 is 40.1 Å². The van der Waals surface area contributed by atoms with E-state index in [0.717, 1.165) is 50.1 Å². The molecule has 31 heavy (non-hydrogen) atoms. The fourth-order valence-electron chi connectivity index (χ4n) is 4.24. The molecule has 1 aliphatic carbocycles. The molecule has 5 nitrogen and oxygen atoms in total. The lowest BCUT2D eigenvalue weighted by Crippen LogP contribution is -2.09. The van der Waals surface area contributed by atoms with E-state index in [1.54, 1.807) is 18.0 Å². The van der Waals surface area contributed by atoms with Gasteiger partial charge in [0.1, 0.15) is 5.03 Å². The van der Waals surface area contributed by atoms with Gasteiger partial charge < -0.3 is 5.73 Å². The van der Waals surface area contributed by atoms with Gasteiger partial charge in [0.15, 0.2) is 5.82 Å². The van der Waals surface area contributed by atoms with Crippen LogP contribution in [0, 0.1) is 5.92 Å². The van der Waals surface area contributed by atoms with Crippen LogP contribution in [0.4, 0.5) is 5.82 Å². The lowest BCUT2D eigenvalue weighted by atomic mass is 9.91. The van der Waals surface area contributed by atoms with Gasteiger partial charge in [-0.15, -0.1) is 11.8 Å². The summed E-state index contributed by atoms with van der Waals surface area (Å²) in [6.07, 6.45) is 8.37. The van der Waals surface area contributed by atoms with Crippen LogP contribution in [0.1, 0.15) is 32.1 Å². The molecule has 0 atom stereocenters. The molecule has 1 saturated carbocycles. The van der Waals surface area contributed by atoms with Crippen molar-refractivity contribution in [3.05, 3.63) is 53.7 Å². The van der Waals surface area contributed by atoms with E-state index in [1.165, 1.54) is 32.1 Å². The molecule has 0 spiro atoms.